The van der Waals surface area contributed by atoms with Crippen LogP contribution in [0.25, 0.3) is 0 Å². The monoisotopic (exact) mass is 338 g/mol. The van der Waals surface area contributed by atoms with E-state index in [2.05, 4.69) is 24.4 Å². The molecule has 0 aromatic heterocycles. The van der Waals surface area contributed by atoms with E-state index in [1.165, 1.54) is 11.1 Å². The molecule has 1 N–H and O–H groups in total. The molecule has 0 bridgehead atoms. The highest BCUT2D eigenvalue weighted by Gasteiger charge is 2.13. The van der Waals surface area contributed by atoms with Gasteiger partial charge in [0, 0.05) is 31.6 Å². The van der Waals surface area contributed by atoms with Gasteiger partial charge in [-0.1, -0.05) is 42.5 Å². The molecule has 2 amide bonds. The molecule has 0 atom stereocenters. The predicted octanol–water partition coefficient (Wildman–Crippen LogP) is 3.55. The van der Waals surface area contributed by atoms with Gasteiger partial charge in [0.2, 0.25) is 5.91 Å². The van der Waals surface area contributed by atoms with Crippen LogP contribution >= 0.6 is 0 Å². The number of rotatable bonds is 8. The second kappa shape index (κ2) is 9.62. The fourth-order valence-electron chi connectivity index (χ4n) is 2.66. The van der Waals surface area contributed by atoms with Crippen molar-refractivity contribution in [3.8, 4) is 0 Å². The van der Waals surface area contributed by atoms with E-state index >= 15 is 0 Å². The highest BCUT2D eigenvalue weighted by Crippen LogP contribution is 2.11. The van der Waals surface area contributed by atoms with Gasteiger partial charge in [0.15, 0.2) is 0 Å². The molecule has 0 saturated carbocycles. The number of amides is 2. The van der Waals surface area contributed by atoms with Gasteiger partial charge in [0.25, 0.3) is 5.91 Å². The number of aryl methyl sites for hydroxylation is 1. The summed E-state index contributed by atoms with van der Waals surface area (Å²) in [6.07, 6.45) is 1.08. The van der Waals surface area contributed by atoms with Crippen molar-refractivity contribution in [3.63, 3.8) is 0 Å². The van der Waals surface area contributed by atoms with Crippen LogP contribution in [0.3, 0.4) is 0 Å². The van der Waals surface area contributed by atoms with E-state index in [1.54, 1.807) is 12.1 Å². The molecule has 4 heteroatoms. The van der Waals surface area contributed by atoms with Crippen LogP contribution in [0, 0.1) is 6.92 Å². The Morgan fingerprint density at radius 2 is 1.68 bits per heavy atom. The number of carbonyl (C=O) groups excluding carboxylic acids is 2. The Kier molecular flexibility index (Phi) is 7.20. The Balaban J connectivity index is 1.76. The lowest BCUT2D eigenvalue weighted by Crippen LogP contribution is -2.31. The predicted molar refractivity (Wildman–Crippen MR) is 100 cm³/mol. The van der Waals surface area contributed by atoms with E-state index in [0.29, 0.717) is 38.0 Å². The molecule has 2 aromatic carbocycles. The first-order valence-electron chi connectivity index (χ1n) is 8.77. The van der Waals surface area contributed by atoms with Crippen molar-refractivity contribution in [2.24, 2.45) is 0 Å². The summed E-state index contributed by atoms with van der Waals surface area (Å²) >= 11 is 0. The van der Waals surface area contributed by atoms with Crippen LogP contribution in [0.1, 0.15) is 41.3 Å². The molecule has 0 saturated heterocycles. The lowest BCUT2D eigenvalue weighted by Gasteiger charge is -2.22. The maximum absolute atomic E-state index is 12.4. The fourth-order valence-corrected chi connectivity index (χ4v) is 2.66. The highest BCUT2D eigenvalue weighted by atomic mass is 16.2. The summed E-state index contributed by atoms with van der Waals surface area (Å²) in [7, 11) is 0. The second-order valence-corrected chi connectivity index (χ2v) is 6.06. The Hall–Kier alpha value is -2.62. The molecule has 0 spiro atoms. The van der Waals surface area contributed by atoms with Crippen molar-refractivity contribution in [3.05, 3.63) is 71.3 Å². The summed E-state index contributed by atoms with van der Waals surface area (Å²) in [4.78, 5) is 26.2. The summed E-state index contributed by atoms with van der Waals surface area (Å²) in [5.74, 6) is 0.0278. The zero-order valence-corrected chi connectivity index (χ0v) is 15.0. The van der Waals surface area contributed by atoms with Gasteiger partial charge in [0.05, 0.1) is 0 Å². The van der Waals surface area contributed by atoms with Gasteiger partial charge in [-0.3, -0.25) is 9.59 Å². The summed E-state index contributed by atoms with van der Waals surface area (Å²) in [6.45, 7) is 5.88. The zero-order chi connectivity index (χ0) is 18.1. The number of nitrogens with one attached hydrogen (secondary N) is 1. The number of nitrogens with zero attached hydrogens (tertiary/aromatic N) is 1. The van der Waals surface area contributed by atoms with E-state index in [4.69, 9.17) is 0 Å². The molecular weight excluding hydrogens is 312 g/mol. The van der Waals surface area contributed by atoms with Gasteiger partial charge in [0.1, 0.15) is 0 Å². The van der Waals surface area contributed by atoms with Crippen LogP contribution in [0.5, 0.6) is 0 Å². The van der Waals surface area contributed by atoms with E-state index in [0.717, 1.165) is 0 Å². The molecule has 0 aliphatic heterocycles. The van der Waals surface area contributed by atoms with Crippen molar-refractivity contribution < 1.29 is 9.59 Å². The molecule has 25 heavy (non-hydrogen) atoms. The third kappa shape index (κ3) is 5.75. The minimum Gasteiger partial charge on any atom is -0.352 e. The highest BCUT2D eigenvalue weighted by molar-refractivity contribution is 5.94. The SMILES string of the molecule is CCN(Cc1ccccc1C)C(=O)CCCNC(=O)c1ccccc1. The van der Waals surface area contributed by atoms with Crippen molar-refractivity contribution in [1.82, 2.24) is 10.2 Å². The first-order valence-corrected chi connectivity index (χ1v) is 8.77. The smallest absolute Gasteiger partial charge is 0.251 e. The molecular formula is C21H26N2O2. The maximum atomic E-state index is 12.4. The van der Waals surface area contributed by atoms with Gasteiger partial charge >= 0.3 is 0 Å². The molecule has 132 valence electrons. The molecule has 4 nitrogen and oxygen atoms in total. The van der Waals surface area contributed by atoms with Gasteiger partial charge in [-0.15, -0.1) is 0 Å². The Bertz CT molecular complexity index is 698. The van der Waals surface area contributed by atoms with Crippen molar-refractivity contribution in [1.29, 1.82) is 0 Å². The van der Waals surface area contributed by atoms with E-state index in [1.807, 2.05) is 42.2 Å². The quantitative estimate of drug-likeness (QED) is 0.748. The number of carbonyl (C=O) groups is 2. The van der Waals surface area contributed by atoms with Crippen LogP contribution in [0.15, 0.2) is 54.6 Å². The number of benzene rings is 2. The lowest BCUT2D eigenvalue weighted by molar-refractivity contribution is -0.131. The molecule has 0 fully saturated rings. The Labute approximate surface area is 149 Å². The zero-order valence-electron chi connectivity index (χ0n) is 15.0. The van der Waals surface area contributed by atoms with Crippen LogP contribution in [0.4, 0.5) is 0 Å². The molecule has 2 rings (SSSR count). The van der Waals surface area contributed by atoms with E-state index in [-0.39, 0.29) is 11.8 Å². The van der Waals surface area contributed by atoms with Crippen molar-refractivity contribution >= 4 is 11.8 Å². The Morgan fingerprint density at radius 3 is 2.36 bits per heavy atom. The summed E-state index contributed by atoms with van der Waals surface area (Å²) < 4.78 is 0. The molecule has 0 radical (unpaired) electrons. The van der Waals surface area contributed by atoms with Crippen LogP contribution < -0.4 is 5.32 Å². The largest absolute Gasteiger partial charge is 0.352 e. The van der Waals surface area contributed by atoms with Gasteiger partial charge in [-0.2, -0.15) is 0 Å². The maximum Gasteiger partial charge on any atom is 0.251 e. The topological polar surface area (TPSA) is 49.4 Å². The first-order chi connectivity index (χ1) is 12.1. The molecule has 0 unspecified atom stereocenters. The second-order valence-electron chi connectivity index (χ2n) is 6.06. The van der Waals surface area contributed by atoms with Gasteiger partial charge in [-0.05, 0) is 43.5 Å². The third-order valence-electron chi connectivity index (χ3n) is 4.25. The van der Waals surface area contributed by atoms with Gasteiger partial charge in [-0.25, -0.2) is 0 Å². The van der Waals surface area contributed by atoms with Crippen molar-refractivity contribution in [2.45, 2.75) is 33.2 Å². The normalized spacial score (nSPS) is 10.3. The van der Waals surface area contributed by atoms with Crippen LogP contribution in [0.2, 0.25) is 0 Å². The molecule has 0 aliphatic rings. The third-order valence-corrected chi connectivity index (χ3v) is 4.25. The lowest BCUT2D eigenvalue weighted by atomic mass is 10.1. The minimum atomic E-state index is -0.0969. The number of hydrogen-bond acceptors (Lipinski definition) is 2. The Morgan fingerprint density at radius 1 is 1.00 bits per heavy atom. The van der Waals surface area contributed by atoms with Crippen LogP contribution in [-0.2, 0) is 11.3 Å². The van der Waals surface area contributed by atoms with E-state index in [9.17, 15) is 9.59 Å². The average Bonchev–Trinajstić information content (AvgIpc) is 2.65. The minimum absolute atomic E-state index is 0.0969. The van der Waals surface area contributed by atoms with Gasteiger partial charge < -0.3 is 10.2 Å². The number of hydrogen-bond donors (Lipinski definition) is 1. The summed E-state index contributed by atoms with van der Waals surface area (Å²) in [6, 6.07) is 17.2. The van der Waals surface area contributed by atoms with Crippen molar-refractivity contribution in [2.75, 3.05) is 13.1 Å². The molecule has 0 aliphatic carbocycles. The van der Waals surface area contributed by atoms with E-state index < -0.39 is 0 Å². The standard InChI is InChI=1S/C21H26N2O2/c1-3-23(16-19-13-8-7-10-17(19)2)20(24)14-9-15-22-21(25)18-11-5-4-6-12-18/h4-8,10-13H,3,9,14-16H2,1-2H3,(H,22,25). The fraction of sp³-hybridized carbons (Fsp3) is 0.333. The van der Waals surface area contributed by atoms with Crippen LogP contribution in [-0.4, -0.2) is 29.8 Å². The summed E-state index contributed by atoms with van der Waals surface area (Å²) in [5.41, 5.74) is 3.02. The first kappa shape index (κ1) is 18.7. The average molecular weight is 338 g/mol. The molecule has 2 aromatic rings. The molecule has 0 heterocycles. The summed E-state index contributed by atoms with van der Waals surface area (Å²) in [5, 5.41) is 2.86.